The van der Waals surface area contributed by atoms with Gasteiger partial charge in [-0.25, -0.2) is 8.42 Å². The molecule has 2 rings (SSSR count). The molecule has 1 aromatic carbocycles. The standard InChI is InChI=1S/C11H15N3O5S/c12-8-3-4-11(10(6-8)14(16)17)20(18,19)13-5-1-2-9(15)7-13/h3-4,6,9,15H,1-2,5,7,12H2. The Morgan fingerprint density at radius 1 is 1.45 bits per heavy atom. The van der Waals surface area contributed by atoms with Crippen molar-refractivity contribution in [3.8, 4) is 0 Å². The number of nitrogens with two attached hydrogens (primary N) is 1. The second-order valence-electron chi connectivity index (χ2n) is 4.64. The predicted octanol–water partition coefficient (Wildman–Crippen LogP) is 0.322. The van der Waals surface area contributed by atoms with Crippen LogP contribution in [0.4, 0.5) is 11.4 Å². The van der Waals surface area contributed by atoms with Crippen molar-refractivity contribution in [3.05, 3.63) is 28.3 Å². The summed E-state index contributed by atoms with van der Waals surface area (Å²) in [7, 11) is -4.01. The number of aliphatic hydroxyl groups is 1. The third-order valence-corrected chi connectivity index (χ3v) is 5.07. The average molecular weight is 301 g/mol. The van der Waals surface area contributed by atoms with Crippen LogP contribution in [-0.2, 0) is 10.0 Å². The number of rotatable bonds is 3. The Morgan fingerprint density at radius 3 is 2.75 bits per heavy atom. The summed E-state index contributed by atoms with van der Waals surface area (Å²) < 4.78 is 25.9. The van der Waals surface area contributed by atoms with Gasteiger partial charge < -0.3 is 10.8 Å². The lowest BCUT2D eigenvalue weighted by Gasteiger charge is -2.29. The Kier molecular flexibility index (Phi) is 3.93. The van der Waals surface area contributed by atoms with Gasteiger partial charge >= 0.3 is 0 Å². The van der Waals surface area contributed by atoms with E-state index >= 15 is 0 Å². The van der Waals surface area contributed by atoms with Crippen molar-refractivity contribution in [2.45, 2.75) is 23.8 Å². The van der Waals surface area contributed by atoms with Crippen LogP contribution in [0.2, 0.25) is 0 Å². The molecule has 20 heavy (non-hydrogen) atoms. The maximum absolute atomic E-state index is 12.4. The molecule has 1 aliphatic rings. The lowest BCUT2D eigenvalue weighted by atomic mass is 10.1. The van der Waals surface area contributed by atoms with E-state index in [-0.39, 0.29) is 18.8 Å². The van der Waals surface area contributed by atoms with Crippen LogP contribution in [0.25, 0.3) is 0 Å². The predicted molar refractivity (Wildman–Crippen MR) is 71.5 cm³/mol. The van der Waals surface area contributed by atoms with Gasteiger partial charge in [0.05, 0.1) is 11.0 Å². The van der Waals surface area contributed by atoms with Gasteiger partial charge in [0, 0.05) is 24.8 Å². The number of piperidine rings is 1. The van der Waals surface area contributed by atoms with Crippen molar-refractivity contribution in [2.24, 2.45) is 0 Å². The molecule has 9 heteroatoms. The normalized spacial score (nSPS) is 20.8. The number of sulfonamides is 1. The van der Waals surface area contributed by atoms with Crippen molar-refractivity contribution in [1.82, 2.24) is 4.31 Å². The second-order valence-corrected chi connectivity index (χ2v) is 6.55. The fourth-order valence-corrected chi connectivity index (χ4v) is 3.83. The number of nitro groups is 1. The van der Waals surface area contributed by atoms with Gasteiger partial charge in [0.25, 0.3) is 5.69 Å². The first-order chi connectivity index (χ1) is 9.32. The van der Waals surface area contributed by atoms with Crippen LogP contribution < -0.4 is 5.73 Å². The summed E-state index contributed by atoms with van der Waals surface area (Å²) in [5.74, 6) is 0. The molecule has 1 heterocycles. The van der Waals surface area contributed by atoms with Gasteiger partial charge in [-0.3, -0.25) is 10.1 Å². The van der Waals surface area contributed by atoms with Crippen LogP contribution in [0.15, 0.2) is 23.1 Å². The lowest BCUT2D eigenvalue weighted by molar-refractivity contribution is -0.387. The first kappa shape index (κ1) is 14.7. The van der Waals surface area contributed by atoms with Gasteiger partial charge in [-0.05, 0) is 25.0 Å². The Morgan fingerprint density at radius 2 is 2.15 bits per heavy atom. The summed E-state index contributed by atoms with van der Waals surface area (Å²) in [6, 6.07) is 3.46. The summed E-state index contributed by atoms with van der Waals surface area (Å²) in [5.41, 5.74) is 5.03. The molecule has 0 amide bonds. The summed E-state index contributed by atoms with van der Waals surface area (Å²) >= 11 is 0. The quantitative estimate of drug-likeness (QED) is 0.470. The highest BCUT2D eigenvalue weighted by molar-refractivity contribution is 7.89. The van der Waals surface area contributed by atoms with Crippen LogP contribution in [0.1, 0.15) is 12.8 Å². The minimum absolute atomic E-state index is 0.0517. The van der Waals surface area contributed by atoms with Crippen LogP contribution in [-0.4, -0.2) is 41.9 Å². The highest BCUT2D eigenvalue weighted by atomic mass is 32.2. The third kappa shape index (κ3) is 2.74. The monoisotopic (exact) mass is 301 g/mol. The average Bonchev–Trinajstić information content (AvgIpc) is 2.38. The van der Waals surface area contributed by atoms with E-state index in [1.165, 1.54) is 6.07 Å². The molecule has 0 bridgehead atoms. The maximum Gasteiger partial charge on any atom is 0.291 e. The first-order valence-electron chi connectivity index (χ1n) is 6.04. The van der Waals surface area contributed by atoms with E-state index in [9.17, 15) is 23.6 Å². The number of nitrogens with zero attached hydrogens (tertiary/aromatic N) is 2. The molecule has 1 aromatic rings. The maximum atomic E-state index is 12.4. The Labute approximate surface area is 116 Å². The van der Waals surface area contributed by atoms with E-state index in [1.807, 2.05) is 0 Å². The van der Waals surface area contributed by atoms with Gasteiger partial charge in [0.15, 0.2) is 4.90 Å². The zero-order chi connectivity index (χ0) is 14.9. The highest BCUT2D eigenvalue weighted by Crippen LogP contribution is 2.30. The molecule has 0 radical (unpaired) electrons. The zero-order valence-corrected chi connectivity index (χ0v) is 11.4. The van der Waals surface area contributed by atoms with Crippen LogP contribution in [0, 0.1) is 10.1 Å². The number of β-amino-alcohol motifs (C(OH)–C–C–N with tert-alkyl or cyclic N) is 1. The molecule has 110 valence electrons. The number of benzene rings is 1. The van der Waals surface area contributed by atoms with Crippen molar-refractivity contribution in [2.75, 3.05) is 18.8 Å². The number of anilines is 1. The summed E-state index contributed by atoms with van der Waals surface area (Å²) in [5, 5.41) is 20.5. The number of nitro benzene ring substituents is 1. The number of hydrogen-bond donors (Lipinski definition) is 2. The Balaban J connectivity index is 2.46. The van der Waals surface area contributed by atoms with E-state index in [0.29, 0.717) is 12.8 Å². The fourth-order valence-electron chi connectivity index (χ4n) is 2.17. The van der Waals surface area contributed by atoms with E-state index in [4.69, 9.17) is 5.73 Å². The minimum Gasteiger partial charge on any atom is -0.399 e. The summed E-state index contributed by atoms with van der Waals surface area (Å²) in [6.07, 6.45) is 0.297. The molecule has 0 aromatic heterocycles. The molecule has 1 saturated heterocycles. The minimum atomic E-state index is -4.01. The molecular formula is C11H15N3O5S. The topological polar surface area (TPSA) is 127 Å². The second kappa shape index (κ2) is 5.35. The molecule has 1 fully saturated rings. The van der Waals surface area contributed by atoms with Gasteiger partial charge in [-0.1, -0.05) is 0 Å². The SMILES string of the molecule is Nc1ccc(S(=O)(=O)N2CCCC(O)C2)c([N+](=O)[O-])c1. The van der Waals surface area contributed by atoms with Crippen molar-refractivity contribution in [1.29, 1.82) is 0 Å². The van der Waals surface area contributed by atoms with Crippen LogP contribution >= 0.6 is 0 Å². The fraction of sp³-hybridized carbons (Fsp3) is 0.455. The summed E-state index contributed by atoms with van der Waals surface area (Å²) in [6.45, 7) is 0.185. The van der Waals surface area contributed by atoms with Gasteiger partial charge in [-0.2, -0.15) is 4.31 Å². The number of nitrogen functional groups attached to an aromatic ring is 1. The summed E-state index contributed by atoms with van der Waals surface area (Å²) in [4.78, 5) is 9.81. The van der Waals surface area contributed by atoms with Crippen molar-refractivity contribution < 1.29 is 18.4 Å². The van der Waals surface area contributed by atoms with Crippen LogP contribution in [0.3, 0.4) is 0 Å². The Hall–Kier alpha value is -1.71. The largest absolute Gasteiger partial charge is 0.399 e. The molecule has 1 unspecified atom stereocenters. The number of aliphatic hydroxyl groups excluding tert-OH is 1. The molecule has 8 nitrogen and oxygen atoms in total. The molecule has 0 saturated carbocycles. The van der Waals surface area contributed by atoms with E-state index < -0.39 is 31.6 Å². The molecular weight excluding hydrogens is 286 g/mol. The van der Waals surface area contributed by atoms with E-state index in [0.717, 1.165) is 16.4 Å². The number of hydrogen-bond acceptors (Lipinski definition) is 6. The van der Waals surface area contributed by atoms with E-state index in [2.05, 4.69) is 0 Å². The molecule has 1 aliphatic heterocycles. The van der Waals surface area contributed by atoms with Gasteiger partial charge in [-0.15, -0.1) is 0 Å². The highest BCUT2D eigenvalue weighted by Gasteiger charge is 2.34. The molecule has 0 aliphatic carbocycles. The van der Waals surface area contributed by atoms with Crippen LogP contribution in [0.5, 0.6) is 0 Å². The third-order valence-electron chi connectivity index (χ3n) is 3.16. The van der Waals surface area contributed by atoms with Crippen molar-refractivity contribution >= 4 is 21.4 Å². The zero-order valence-electron chi connectivity index (χ0n) is 10.6. The lowest BCUT2D eigenvalue weighted by Crippen LogP contribution is -2.42. The molecule has 1 atom stereocenters. The van der Waals surface area contributed by atoms with Gasteiger partial charge in [0.1, 0.15) is 0 Å². The molecule has 3 N–H and O–H groups in total. The molecule has 0 spiro atoms. The first-order valence-corrected chi connectivity index (χ1v) is 7.48. The van der Waals surface area contributed by atoms with Crippen molar-refractivity contribution in [3.63, 3.8) is 0 Å². The van der Waals surface area contributed by atoms with Gasteiger partial charge in [0.2, 0.25) is 10.0 Å². The Bertz CT molecular complexity index is 631. The smallest absolute Gasteiger partial charge is 0.291 e. The van der Waals surface area contributed by atoms with E-state index in [1.54, 1.807) is 0 Å².